The van der Waals surface area contributed by atoms with Gasteiger partial charge in [-0.3, -0.25) is 0 Å². The van der Waals surface area contributed by atoms with E-state index >= 15 is 0 Å². The van der Waals surface area contributed by atoms with Crippen LogP contribution in [0.2, 0.25) is 0 Å². The van der Waals surface area contributed by atoms with E-state index < -0.39 is 0 Å². The van der Waals surface area contributed by atoms with Crippen LogP contribution in [0.25, 0.3) is 0 Å². The molecule has 0 radical (unpaired) electrons. The number of nitrogens with zero attached hydrogens (tertiary/aromatic N) is 1. The van der Waals surface area contributed by atoms with E-state index in [9.17, 15) is 0 Å². The molecule has 0 saturated carbocycles. The average molecular weight is 234 g/mol. The van der Waals surface area contributed by atoms with Crippen LogP contribution >= 0.6 is 0 Å². The smallest absolute Gasteiger partial charge is 0.0393 e. The molecule has 96 valence electrons. The van der Waals surface area contributed by atoms with Crippen molar-refractivity contribution < 1.29 is 0 Å². The maximum atomic E-state index is 3.47. The van der Waals surface area contributed by atoms with E-state index in [2.05, 4.69) is 63.2 Å². The van der Waals surface area contributed by atoms with E-state index in [0.717, 1.165) is 25.6 Å². The summed E-state index contributed by atoms with van der Waals surface area (Å²) in [6.07, 6.45) is 0. The fraction of sp³-hybridized carbons (Fsp3) is 0.600. The summed E-state index contributed by atoms with van der Waals surface area (Å²) in [5, 5.41) is 3.47. The van der Waals surface area contributed by atoms with E-state index in [1.807, 2.05) is 0 Å². The van der Waals surface area contributed by atoms with Crippen LogP contribution in [0.15, 0.2) is 18.2 Å². The standard InChI is InChI=1S/C15H26N2/c1-12(2)11-16-8-9-17(5)15-7-6-13(3)10-14(15)4/h6-7,10,12,16H,8-9,11H2,1-5H3. The minimum atomic E-state index is 0.724. The van der Waals surface area contributed by atoms with Gasteiger partial charge in [-0.25, -0.2) is 0 Å². The first kappa shape index (κ1) is 14.0. The van der Waals surface area contributed by atoms with E-state index in [1.54, 1.807) is 0 Å². The molecule has 0 bridgehead atoms. The third-order valence-electron chi connectivity index (χ3n) is 2.94. The van der Waals surface area contributed by atoms with Gasteiger partial charge in [-0.05, 0) is 37.9 Å². The summed E-state index contributed by atoms with van der Waals surface area (Å²) in [5.41, 5.74) is 4.02. The normalized spacial score (nSPS) is 10.9. The maximum Gasteiger partial charge on any atom is 0.0393 e. The zero-order valence-electron chi connectivity index (χ0n) is 11.9. The van der Waals surface area contributed by atoms with Crippen LogP contribution in [0, 0.1) is 19.8 Å². The monoisotopic (exact) mass is 234 g/mol. The number of hydrogen-bond donors (Lipinski definition) is 1. The molecule has 1 aromatic rings. The number of rotatable bonds is 6. The van der Waals surface area contributed by atoms with Crippen molar-refractivity contribution in [2.75, 3.05) is 31.6 Å². The van der Waals surface area contributed by atoms with Crippen LogP contribution in [0.1, 0.15) is 25.0 Å². The van der Waals surface area contributed by atoms with E-state index in [0.29, 0.717) is 0 Å². The largest absolute Gasteiger partial charge is 0.373 e. The molecule has 0 unspecified atom stereocenters. The zero-order valence-corrected chi connectivity index (χ0v) is 11.9. The van der Waals surface area contributed by atoms with Gasteiger partial charge in [0, 0.05) is 25.8 Å². The van der Waals surface area contributed by atoms with Crippen LogP contribution in [0.3, 0.4) is 0 Å². The Hall–Kier alpha value is -1.02. The van der Waals surface area contributed by atoms with Crippen LogP contribution in [0.5, 0.6) is 0 Å². The molecule has 1 rings (SSSR count). The fourth-order valence-corrected chi connectivity index (χ4v) is 1.99. The minimum absolute atomic E-state index is 0.724. The number of benzene rings is 1. The highest BCUT2D eigenvalue weighted by atomic mass is 15.1. The van der Waals surface area contributed by atoms with Crippen LogP contribution < -0.4 is 10.2 Å². The molecule has 2 nitrogen and oxygen atoms in total. The second-order valence-corrected chi connectivity index (χ2v) is 5.31. The summed E-state index contributed by atoms with van der Waals surface area (Å²) in [6, 6.07) is 6.64. The Morgan fingerprint density at radius 1 is 1.24 bits per heavy atom. The number of nitrogens with one attached hydrogen (secondary N) is 1. The molecule has 0 aromatic heterocycles. The lowest BCUT2D eigenvalue weighted by atomic mass is 10.1. The molecule has 0 amide bonds. The molecular formula is C15H26N2. The Balaban J connectivity index is 2.44. The van der Waals surface area contributed by atoms with E-state index in [1.165, 1.54) is 16.8 Å². The molecule has 0 spiro atoms. The van der Waals surface area contributed by atoms with Crippen molar-refractivity contribution in [3.8, 4) is 0 Å². The first-order valence-electron chi connectivity index (χ1n) is 6.50. The quantitative estimate of drug-likeness (QED) is 0.761. The van der Waals surface area contributed by atoms with Crippen molar-refractivity contribution in [3.63, 3.8) is 0 Å². The molecule has 1 aromatic carbocycles. The molecule has 0 atom stereocenters. The number of hydrogen-bond acceptors (Lipinski definition) is 2. The SMILES string of the molecule is Cc1ccc(N(C)CCNCC(C)C)c(C)c1. The topological polar surface area (TPSA) is 15.3 Å². The highest BCUT2D eigenvalue weighted by molar-refractivity contribution is 5.53. The summed E-state index contributed by atoms with van der Waals surface area (Å²) in [5.74, 6) is 0.724. The fourth-order valence-electron chi connectivity index (χ4n) is 1.99. The summed E-state index contributed by atoms with van der Waals surface area (Å²) < 4.78 is 0. The Bertz CT molecular complexity index is 345. The Labute approximate surface area is 106 Å². The predicted molar refractivity (Wildman–Crippen MR) is 76.9 cm³/mol. The molecule has 2 heteroatoms. The average Bonchev–Trinajstić information content (AvgIpc) is 2.23. The van der Waals surface area contributed by atoms with Gasteiger partial charge in [-0.15, -0.1) is 0 Å². The molecule has 0 heterocycles. The maximum absolute atomic E-state index is 3.47. The third-order valence-corrected chi connectivity index (χ3v) is 2.94. The van der Waals surface area contributed by atoms with E-state index in [-0.39, 0.29) is 0 Å². The second-order valence-electron chi connectivity index (χ2n) is 5.31. The zero-order chi connectivity index (χ0) is 12.8. The van der Waals surface area contributed by atoms with Gasteiger partial charge < -0.3 is 10.2 Å². The third kappa shape index (κ3) is 4.78. The molecule has 0 saturated heterocycles. The van der Waals surface area contributed by atoms with Gasteiger partial charge in [-0.1, -0.05) is 31.5 Å². The van der Waals surface area contributed by atoms with Gasteiger partial charge in [0.05, 0.1) is 0 Å². The Morgan fingerprint density at radius 3 is 2.53 bits per heavy atom. The lowest BCUT2D eigenvalue weighted by molar-refractivity contribution is 0.554. The van der Waals surface area contributed by atoms with Crippen molar-refractivity contribution in [1.82, 2.24) is 5.32 Å². The van der Waals surface area contributed by atoms with Gasteiger partial charge in [-0.2, -0.15) is 0 Å². The summed E-state index contributed by atoms with van der Waals surface area (Å²) in [7, 11) is 2.16. The lowest BCUT2D eigenvalue weighted by Crippen LogP contribution is -2.31. The second kappa shape index (κ2) is 6.65. The molecule has 1 N–H and O–H groups in total. The molecule has 0 aliphatic carbocycles. The van der Waals surface area contributed by atoms with Crippen LogP contribution in [-0.4, -0.2) is 26.7 Å². The highest BCUT2D eigenvalue weighted by Crippen LogP contribution is 2.19. The highest BCUT2D eigenvalue weighted by Gasteiger charge is 2.04. The van der Waals surface area contributed by atoms with Gasteiger partial charge >= 0.3 is 0 Å². The molecule has 0 aliphatic rings. The van der Waals surface area contributed by atoms with Gasteiger partial charge in [0.2, 0.25) is 0 Å². The lowest BCUT2D eigenvalue weighted by Gasteiger charge is -2.22. The van der Waals surface area contributed by atoms with Gasteiger partial charge in [0.15, 0.2) is 0 Å². The number of anilines is 1. The Kier molecular flexibility index (Phi) is 5.49. The first-order valence-corrected chi connectivity index (χ1v) is 6.50. The van der Waals surface area contributed by atoms with E-state index in [4.69, 9.17) is 0 Å². The summed E-state index contributed by atoms with van der Waals surface area (Å²) in [4.78, 5) is 2.32. The number of likely N-dealkylation sites (N-methyl/N-ethyl adjacent to an activating group) is 1. The van der Waals surface area contributed by atoms with Crippen LogP contribution in [0.4, 0.5) is 5.69 Å². The summed E-state index contributed by atoms with van der Waals surface area (Å²) in [6.45, 7) is 12.0. The molecule has 17 heavy (non-hydrogen) atoms. The molecule has 0 aliphatic heterocycles. The predicted octanol–water partition coefficient (Wildman–Crippen LogP) is 2.99. The van der Waals surface area contributed by atoms with Crippen molar-refractivity contribution in [1.29, 1.82) is 0 Å². The summed E-state index contributed by atoms with van der Waals surface area (Å²) >= 11 is 0. The van der Waals surface area contributed by atoms with Crippen molar-refractivity contribution in [2.45, 2.75) is 27.7 Å². The van der Waals surface area contributed by atoms with Gasteiger partial charge in [0.1, 0.15) is 0 Å². The van der Waals surface area contributed by atoms with Gasteiger partial charge in [0.25, 0.3) is 0 Å². The van der Waals surface area contributed by atoms with Crippen molar-refractivity contribution in [2.24, 2.45) is 5.92 Å². The minimum Gasteiger partial charge on any atom is -0.373 e. The van der Waals surface area contributed by atoms with Crippen molar-refractivity contribution in [3.05, 3.63) is 29.3 Å². The molecule has 0 fully saturated rings. The Morgan fingerprint density at radius 2 is 1.94 bits per heavy atom. The first-order chi connectivity index (χ1) is 8.00. The molecular weight excluding hydrogens is 208 g/mol. The van der Waals surface area contributed by atoms with Crippen LogP contribution in [-0.2, 0) is 0 Å². The van der Waals surface area contributed by atoms with Crippen molar-refractivity contribution >= 4 is 5.69 Å². The number of aryl methyl sites for hydroxylation is 2.